The van der Waals surface area contributed by atoms with Crippen molar-refractivity contribution in [1.29, 1.82) is 0 Å². The second-order valence-corrected chi connectivity index (χ2v) is 5.60. The Morgan fingerprint density at radius 1 is 1.10 bits per heavy atom. The van der Waals surface area contributed by atoms with Gasteiger partial charge in [-0.25, -0.2) is 8.42 Å². The molecule has 2 aromatic rings. The van der Waals surface area contributed by atoms with Crippen molar-refractivity contribution in [3.8, 4) is 11.5 Å². The van der Waals surface area contributed by atoms with Gasteiger partial charge in [0.25, 0.3) is 10.0 Å². The van der Waals surface area contributed by atoms with Crippen LogP contribution in [0.3, 0.4) is 0 Å². The van der Waals surface area contributed by atoms with Crippen molar-refractivity contribution in [3.63, 3.8) is 0 Å². The van der Waals surface area contributed by atoms with Crippen LogP contribution in [0.15, 0.2) is 47.4 Å². The van der Waals surface area contributed by atoms with Crippen LogP contribution in [0, 0.1) is 6.07 Å². The van der Waals surface area contributed by atoms with Gasteiger partial charge in [0.2, 0.25) is 0 Å². The molecular formula is C14H14NO4S. The van der Waals surface area contributed by atoms with Crippen LogP contribution < -0.4 is 14.2 Å². The molecule has 0 unspecified atom stereocenters. The summed E-state index contributed by atoms with van der Waals surface area (Å²) in [7, 11) is -0.734. The van der Waals surface area contributed by atoms with Crippen LogP contribution in [-0.2, 0) is 10.0 Å². The Kier molecular flexibility index (Phi) is 4.14. The van der Waals surface area contributed by atoms with Crippen molar-refractivity contribution >= 4 is 15.7 Å². The van der Waals surface area contributed by atoms with Gasteiger partial charge in [-0.05, 0) is 30.3 Å². The van der Waals surface area contributed by atoms with Gasteiger partial charge in [-0.2, -0.15) is 0 Å². The number of methoxy groups -OCH3 is 2. The molecule has 0 saturated carbocycles. The first-order valence-corrected chi connectivity index (χ1v) is 7.26. The predicted molar refractivity (Wildman–Crippen MR) is 75.6 cm³/mol. The third-order valence-electron chi connectivity index (χ3n) is 2.62. The molecule has 0 spiro atoms. The minimum absolute atomic E-state index is 0.0963. The molecule has 0 saturated heterocycles. The molecule has 6 heteroatoms. The Morgan fingerprint density at radius 2 is 1.85 bits per heavy atom. The summed E-state index contributed by atoms with van der Waals surface area (Å²) in [6.45, 7) is 0. The number of benzene rings is 2. The first-order valence-electron chi connectivity index (χ1n) is 5.78. The fourth-order valence-corrected chi connectivity index (χ4v) is 2.72. The van der Waals surface area contributed by atoms with Gasteiger partial charge < -0.3 is 9.47 Å². The fraction of sp³-hybridized carbons (Fsp3) is 0.143. The van der Waals surface area contributed by atoms with Gasteiger partial charge in [-0.3, -0.25) is 4.72 Å². The molecule has 1 radical (unpaired) electrons. The molecule has 0 aliphatic rings. The van der Waals surface area contributed by atoms with Gasteiger partial charge >= 0.3 is 0 Å². The van der Waals surface area contributed by atoms with Crippen LogP contribution in [0.25, 0.3) is 0 Å². The molecule has 0 aromatic heterocycles. The number of sulfonamides is 1. The van der Waals surface area contributed by atoms with Crippen molar-refractivity contribution in [2.75, 3.05) is 18.9 Å². The van der Waals surface area contributed by atoms with Gasteiger partial charge in [0.05, 0.1) is 19.1 Å². The van der Waals surface area contributed by atoms with E-state index in [1.54, 1.807) is 30.3 Å². The lowest BCUT2D eigenvalue weighted by atomic mass is 10.3. The molecule has 0 amide bonds. The van der Waals surface area contributed by atoms with E-state index < -0.39 is 10.0 Å². The molecule has 0 heterocycles. The summed E-state index contributed by atoms with van der Waals surface area (Å²) in [5, 5.41) is 0. The lowest BCUT2D eigenvalue weighted by molar-refractivity contribution is 0.354. The molecule has 1 N–H and O–H groups in total. The number of rotatable bonds is 5. The largest absolute Gasteiger partial charge is 0.493 e. The highest BCUT2D eigenvalue weighted by molar-refractivity contribution is 7.92. The Bertz CT molecular complexity index is 684. The number of ether oxygens (including phenoxy) is 2. The van der Waals surface area contributed by atoms with Crippen molar-refractivity contribution in [3.05, 3.63) is 48.5 Å². The zero-order chi connectivity index (χ0) is 14.6. The second kappa shape index (κ2) is 5.83. The first-order chi connectivity index (χ1) is 9.56. The smallest absolute Gasteiger partial charge is 0.262 e. The number of anilines is 1. The number of hydrogen-bond donors (Lipinski definition) is 1. The molecule has 5 nitrogen and oxygen atoms in total. The third kappa shape index (κ3) is 3.03. The molecule has 2 rings (SSSR count). The highest BCUT2D eigenvalue weighted by atomic mass is 32.2. The van der Waals surface area contributed by atoms with Gasteiger partial charge in [0, 0.05) is 11.8 Å². The lowest BCUT2D eigenvalue weighted by Gasteiger charge is -2.11. The highest BCUT2D eigenvalue weighted by Crippen LogP contribution is 2.30. The maximum atomic E-state index is 12.2. The van der Waals surface area contributed by atoms with Crippen molar-refractivity contribution in [2.45, 2.75) is 4.90 Å². The van der Waals surface area contributed by atoms with E-state index in [-0.39, 0.29) is 4.90 Å². The Hall–Kier alpha value is -2.21. The van der Waals surface area contributed by atoms with E-state index in [9.17, 15) is 8.42 Å². The minimum atomic E-state index is -3.68. The summed E-state index contributed by atoms with van der Waals surface area (Å²) in [5.41, 5.74) is 0.447. The monoisotopic (exact) mass is 292 g/mol. The Morgan fingerprint density at radius 3 is 2.45 bits per heavy atom. The van der Waals surface area contributed by atoms with Crippen LogP contribution in [0.4, 0.5) is 5.69 Å². The molecule has 105 valence electrons. The lowest BCUT2D eigenvalue weighted by Crippen LogP contribution is -2.13. The average molecular weight is 292 g/mol. The molecule has 0 fully saturated rings. The van der Waals surface area contributed by atoms with E-state index in [0.29, 0.717) is 17.2 Å². The van der Waals surface area contributed by atoms with E-state index in [4.69, 9.17) is 9.47 Å². The number of hydrogen-bond acceptors (Lipinski definition) is 4. The van der Waals surface area contributed by atoms with E-state index >= 15 is 0 Å². The van der Waals surface area contributed by atoms with Crippen molar-refractivity contribution in [1.82, 2.24) is 0 Å². The van der Waals surface area contributed by atoms with E-state index in [2.05, 4.69) is 10.8 Å². The normalized spacial score (nSPS) is 10.9. The van der Waals surface area contributed by atoms with E-state index in [0.717, 1.165) is 0 Å². The molecule has 0 bridgehead atoms. The standard InChI is InChI=1S/C14H14NO4S/c1-18-13-9-8-12(10-14(13)19-2)20(16,17)15-11-6-4-3-5-7-11/h3-4,6-10,15H,1-2H3. The molecule has 0 aliphatic carbocycles. The minimum Gasteiger partial charge on any atom is -0.493 e. The molecule has 0 atom stereocenters. The molecule has 0 aliphatic heterocycles. The van der Waals surface area contributed by atoms with Gasteiger partial charge in [-0.1, -0.05) is 12.1 Å². The summed E-state index contributed by atoms with van der Waals surface area (Å²) in [6, 6.07) is 13.8. The van der Waals surface area contributed by atoms with Gasteiger partial charge in [-0.15, -0.1) is 0 Å². The third-order valence-corrected chi connectivity index (χ3v) is 4.00. The maximum absolute atomic E-state index is 12.2. The van der Waals surface area contributed by atoms with E-state index in [1.807, 2.05) is 0 Å². The highest BCUT2D eigenvalue weighted by Gasteiger charge is 2.17. The predicted octanol–water partition coefficient (Wildman–Crippen LogP) is 2.30. The Labute approximate surface area is 118 Å². The molecular weight excluding hydrogens is 278 g/mol. The Balaban J connectivity index is 2.35. The van der Waals surface area contributed by atoms with Crippen LogP contribution in [0.1, 0.15) is 0 Å². The molecule has 20 heavy (non-hydrogen) atoms. The maximum Gasteiger partial charge on any atom is 0.262 e. The van der Waals surface area contributed by atoms with Crippen LogP contribution >= 0.6 is 0 Å². The summed E-state index contributed by atoms with van der Waals surface area (Å²) < 4.78 is 37.1. The summed E-state index contributed by atoms with van der Waals surface area (Å²) in [5.74, 6) is 0.828. The van der Waals surface area contributed by atoms with Crippen LogP contribution in [0.5, 0.6) is 11.5 Å². The average Bonchev–Trinajstić information content (AvgIpc) is 2.47. The summed E-state index contributed by atoms with van der Waals surface area (Å²) >= 11 is 0. The van der Waals surface area contributed by atoms with Crippen LogP contribution in [0.2, 0.25) is 0 Å². The fourth-order valence-electron chi connectivity index (χ4n) is 1.65. The number of nitrogens with one attached hydrogen (secondary N) is 1. The SMILES string of the molecule is COc1ccc(S(=O)(=O)Nc2c[c]ccc2)cc1OC. The van der Waals surface area contributed by atoms with Crippen molar-refractivity contribution in [2.24, 2.45) is 0 Å². The first kappa shape index (κ1) is 14.2. The zero-order valence-electron chi connectivity index (χ0n) is 11.1. The van der Waals surface area contributed by atoms with E-state index in [1.165, 1.54) is 26.4 Å². The molecule has 2 aromatic carbocycles. The zero-order valence-corrected chi connectivity index (χ0v) is 11.9. The van der Waals surface area contributed by atoms with Gasteiger partial charge in [0.1, 0.15) is 0 Å². The van der Waals surface area contributed by atoms with Gasteiger partial charge in [0.15, 0.2) is 11.5 Å². The summed E-state index contributed by atoms with van der Waals surface area (Å²) in [6.07, 6.45) is 0. The quantitative estimate of drug-likeness (QED) is 0.918. The summed E-state index contributed by atoms with van der Waals surface area (Å²) in [4.78, 5) is 0.0963. The second-order valence-electron chi connectivity index (χ2n) is 3.91. The van der Waals surface area contributed by atoms with Crippen molar-refractivity contribution < 1.29 is 17.9 Å². The topological polar surface area (TPSA) is 64.6 Å². The van der Waals surface area contributed by atoms with Crippen LogP contribution in [-0.4, -0.2) is 22.6 Å².